The normalized spacial score (nSPS) is 12.6. The fourth-order valence-electron chi connectivity index (χ4n) is 3.29. The van der Waals surface area contributed by atoms with Gasteiger partial charge in [-0.25, -0.2) is 0 Å². The molecule has 0 bridgehead atoms. The third-order valence-electron chi connectivity index (χ3n) is 5.16. The smallest absolute Gasteiger partial charge is 0.306 e. The molecule has 1 unspecified atom stereocenters. The summed E-state index contributed by atoms with van der Waals surface area (Å²) >= 11 is 0. The van der Waals surface area contributed by atoms with Crippen LogP contribution >= 0.6 is 0 Å². The van der Waals surface area contributed by atoms with E-state index in [1.807, 2.05) is 6.08 Å². The molecule has 0 aliphatic heterocycles. The SMILES string of the molecule is CCCC/C=C\C/C=C\C(CCCCCCC(=O)O)OC(=O)CCCCCCCC. The summed E-state index contributed by atoms with van der Waals surface area (Å²) in [6, 6.07) is 0. The van der Waals surface area contributed by atoms with Crippen LogP contribution in [0.2, 0.25) is 0 Å². The van der Waals surface area contributed by atoms with Crippen molar-refractivity contribution < 1.29 is 19.4 Å². The van der Waals surface area contributed by atoms with E-state index in [4.69, 9.17) is 9.84 Å². The lowest BCUT2D eigenvalue weighted by atomic mass is 10.1. The molecule has 0 aliphatic carbocycles. The van der Waals surface area contributed by atoms with Gasteiger partial charge in [0, 0.05) is 12.8 Å². The summed E-state index contributed by atoms with van der Waals surface area (Å²) in [5.41, 5.74) is 0. The number of hydrogen-bond donors (Lipinski definition) is 1. The van der Waals surface area contributed by atoms with Crippen molar-refractivity contribution in [3.8, 4) is 0 Å². The van der Waals surface area contributed by atoms with Crippen LogP contribution in [-0.2, 0) is 14.3 Å². The van der Waals surface area contributed by atoms with Crippen molar-refractivity contribution in [1.29, 1.82) is 0 Å². The molecule has 174 valence electrons. The average Bonchev–Trinajstić information content (AvgIpc) is 2.71. The number of carboxylic acid groups (broad SMARTS) is 1. The number of carbonyl (C=O) groups is 2. The first kappa shape index (κ1) is 28.4. The van der Waals surface area contributed by atoms with E-state index >= 15 is 0 Å². The quantitative estimate of drug-likeness (QED) is 0.117. The number of hydrogen-bond acceptors (Lipinski definition) is 3. The average molecular weight is 423 g/mol. The van der Waals surface area contributed by atoms with Gasteiger partial charge in [0.05, 0.1) is 0 Å². The second-order valence-electron chi connectivity index (χ2n) is 8.17. The largest absolute Gasteiger partial charge is 0.481 e. The lowest BCUT2D eigenvalue weighted by Crippen LogP contribution is -2.16. The summed E-state index contributed by atoms with van der Waals surface area (Å²) in [6.45, 7) is 4.40. The zero-order valence-electron chi connectivity index (χ0n) is 19.6. The molecule has 4 nitrogen and oxygen atoms in total. The molecule has 0 aromatic rings. The Bertz CT molecular complexity index is 468. The van der Waals surface area contributed by atoms with Gasteiger partial charge in [-0.1, -0.05) is 89.9 Å². The van der Waals surface area contributed by atoms with Crippen molar-refractivity contribution in [2.24, 2.45) is 0 Å². The number of unbranched alkanes of at least 4 members (excludes halogenated alkanes) is 10. The molecule has 30 heavy (non-hydrogen) atoms. The predicted molar refractivity (Wildman–Crippen MR) is 126 cm³/mol. The molecule has 0 spiro atoms. The molecule has 1 atom stereocenters. The molecule has 0 heterocycles. The van der Waals surface area contributed by atoms with Crippen molar-refractivity contribution in [3.63, 3.8) is 0 Å². The van der Waals surface area contributed by atoms with E-state index in [0.29, 0.717) is 6.42 Å². The van der Waals surface area contributed by atoms with E-state index in [0.717, 1.165) is 57.8 Å². The van der Waals surface area contributed by atoms with Gasteiger partial charge < -0.3 is 9.84 Å². The Morgan fingerprint density at radius 2 is 1.40 bits per heavy atom. The van der Waals surface area contributed by atoms with Crippen molar-refractivity contribution in [2.45, 2.75) is 129 Å². The molecular weight excluding hydrogens is 376 g/mol. The molecule has 0 rings (SSSR count). The van der Waals surface area contributed by atoms with Gasteiger partial charge in [-0.05, 0) is 44.6 Å². The molecule has 0 fully saturated rings. The maximum absolute atomic E-state index is 12.2. The molecule has 0 aliphatic rings. The molecule has 0 amide bonds. The third-order valence-corrected chi connectivity index (χ3v) is 5.16. The summed E-state index contributed by atoms with van der Waals surface area (Å²) in [6.07, 6.45) is 24.9. The second-order valence-corrected chi connectivity index (χ2v) is 8.17. The molecule has 0 aromatic heterocycles. The highest BCUT2D eigenvalue weighted by molar-refractivity contribution is 5.69. The standard InChI is InChI=1S/C26H46O4/c1-3-5-7-9-11-12-16-20-24(21-17-14-15-18-22-25(27)28)30-26(29)23-19-13-10-8-6-4-2/h9,11,16,20,24H,3-8,10,12-15,17-19,21-23H2,1-2H3,(H,27,28)/b11-9-,20-16-. The number of esters is 1. The fraction of sp³-hybridized carbons (Fsp3) is 0.769. The van der Waals surface area contributed by atoms with Gasteiger partial charge in [0.1, 0.15) is 6.10 Å². The van der Waals surface area contributed by atoms with Crippen LogP contribution in [0.4, 0.5) is 0 Å². The Balaban J connectivity index is 4.25. The van der Waals surface area contributed by atoms with Crippen LogP contribution < -0.4 is 0 Å². The highest BCUT2D eigenvalue weighted by Gasteiger charge is 2.11. The van der Waals surface area contributed by atoms with E-state index in [9.17, 15) is 9.59 Å². The molecule has 0 saturated carbocycles. The number of aliphatic carboxylic acids is 1. The molecule has 0 radical (unpaired) electrons. The van der Waals surface area contributed by atoms with Gasteiger partial charge in [0.25, 0.3) is 0 Å². The highest BCUT2D eigenvalue weighted by atomic mass is 16.5. The van der Waals surface area contributed by atoms with E-state index < -0.39 is 5.97 Å². The molecule has 0 saturated heterocycles. The van der Waals surface area contributed by atoms with Crippen molar-refractivity contribution in [1.82, 2.24) is 0 Å². The van der Waals surface area contributed by atoms with Crippen molar-refractivity contribution in [3.05, 3.63) is 24.3 Å². The lowest BCUT2D eigenvalue weighted by Gasteiger charge is -2.14. The number of ether oxygens (including phenoxy) is 1. The lowest BCUT2D eigenvalue weighted by molar-refractivity contribution is -0.147. The van der Waals surface area contributed by atoms with Crippen LogP contribution in [0.25, 0.3) is 0 Å². The van der Waals surface area contributed by atoms with Gasteiger partial charge in [-0.15, -0.1) is 0 Å². The molecule has 4 heteroatoms. The van der Waals surface area contributed by atoms with Crippen LogP contribution in [0.1, 0.15) is 123 Å². The monoisotopic (exact) mass is 422 g/mol. The van der Waals surface area contributed by atoms with Gasteiger partial charge in [-0.2, -0.15) is 0 Å². The Kier molecular flexibility index (Phi) is 20.9. The van der Waals surface area contributed by atoms with Crippen LogP contribution in [0.15, 0.2) is 24.3 Å². The summed E-state index contributed by atoms with van der Waals surface area (Å²) in [4.78, 5) is 22.8. The zero-order valence-corrected chi connectivity index (χ0v) is 19.6. The summed E-state index contributed by atoms with van der Waals surface area (Å²) < 4.78 is 5.72. The third kappa shape index (κ3) is 21.1. The molecular formula is C26H46O4. The first-order chi connectivity index (χ1) is 14.6. The molecule has 0 aromatic carbocycles. The van der Waals surface area contributed by atoms with E-state index in [1.54, 1.807) is 0 Å². The Morgan fingerprint density at radius 3 is 2.10 bits per heavy atom. The van der Waals surface area contributed by atoms with Crippen molar-refractivity contribution in [2.75, 3.05) is 0 Å². The van der Waals surface area contributed by atoms with E-state index in [2.05, 4.69) is 32.1 Å². The Morgan fingerprint density at radius 1 is 0.767 bits per heavy atom. The number of carbonyl (C=O) groups excluding carboxylic acids is 1. The topological polar surface area (TPSA) is 63.6 Å². The van der Waals surface area contributed by atoms with Crippen molar-refractivity contribution >= 4 is 11.9 Å². The summed E-state index contributed by atoms with van der Waals surface area (Å²) in [5, 5.41) is 8.70. The van der Waals surface area contributed by atoms with Gasteiger partial charge >= 0.3 is 11.9 Å². The minimum atomic E-state index is -0.730. The van der Waals surface area contributed by atoms with Crippen LogP contribution in [-0.4, -0.2) is 23.1 Å². The fourth-order valence-corrected chi connectivity index (χ4v) is 3.29. The highest BCUT2D eigenvalue weighted by Crippen LogP contribution is 2.14. The van der Waals surface area contributed by atoms with Gasteiger partial charge in [0.15, 0.2) is 0 Å². The number of rotatable bonds is 21. The van der Waals surface area contributed by atoms with E-state index in [-0.39, 0.29) is 18.5 Å². The van der Waals surface area contributed by atoms with Crippen LogP contribution in [0.5, 0.6) is 0 Å². The summed E-state index contributed by atoms with van der Waals surface area (Å²) in [5.74, 6) is -0.823. The molecule has 1 N–H and O–H groups in total. The van der Waals surface area contributed by atoms with E-state index in [1.165, 1.54) is 38.5 Å². The maximum Gasteiger partial charge on any atom is 0.306 e. The minimum absolute atomic E-state index is 0.0930. The number of allylic oxidation sites excluding steroid dienone is 3. The Hall–Kier alpha value is -1.58. The predicted octanol–water partition coefficient (Wildman–Crippen LogP) is 7.77. The van der Waals surface area contributed by atoms with Crippen LogP contribution in [0, 0.1) is 0 Å². The van der Waals surface area contributed by atoms with Gasteiger partial charge in [-0.3, -0.25) is 9.59 Å². The zero-order chi connectivity index (χ0) is 22.3. The first-order valence-electron chi connectivity index (χ1n) is 12.3. The second kappa shape index (κ2) is 22.1. The Labute approximate surface area is 185 Å². The maximum atomic E-state index is 12.2. The van der Waals surface area contributed by atoms with Crippen LogP contribution in [0.3, 0.4) is 0 Å². The summed E-state index contributed by atoms with van der Waals surface area (Å²) in [7, 11) is 0. The van der Waals surface area contributed by atoms with Gasteiger partial charge in [0.2, 0.25) is 0 Å². The number of carboxylic acids is 1. The first-order valence-corrected chi connectivity index (χ1v) is 12.3. The minimum Gasteiger partial charge on any atom is -0.481 e.